The molecule has 0 amide bonds. The Morgan fingerprint density at radius 3 is 2.06 bits per heavy atom. The molecule has 1 fully saturated rings. The van der Waals surface area contributed by atoms with Crippen molar-refractivity contribution in [2.24, 2.45) is 5.92 Å². The van der Waals surface area contributed by atoms with Crippen LogP contribution in [0.2, 0.25) is 5.15 Å². The van der Waals surface area contributed by atoms with Crippen molar-refractivity contribution in [1.29, 1.82) is 0 Å². The average Bonchev–Trinajstić information content (AvgIpc) is 3.69. The quantitative estimate of drug-likeness (QED) is 0.0870. The van der Waals surface area contributed by atoms with Crippen LogP contribution in [0.1, 0.15) is 60.5 Å². The van der Waals surface area contributed by atoms with Crippen LogP contribution in [0.25, 0.3) is 11.2 Å². The molecule has 2 aromatic heterocycles. The van der Waals surface area contributed by atoms with Gasteiger partial charge in [0.15, 0.2) is 22.6 Å². The number of hydrogen-bond acceptors (Lipinski definition) is 8. The molecule has 50 heavy (non-hydrogen) atoms. The largest absolute Gasteiger partial charge is 0.497 e. The standard InChI is InChI=1S/C40H38ClN5O4/c1-5-32-26(2)39(3,50-36(47)27-15-9-6-10-16-27)37(49-32)46-25-42-33-34(41)43-38(44-35(33)46)45-40(28-17-11-7-12-18-28,29-19-13-8-14-20-29)30-21-23-31(48-4)24-22-30/h6-26,32,37H,5H2,1-4H3,(H,43,44,45)/t26-,32-,37-,39-/m1/s1. The fourth-order valence-corrected chi connectivity index (χ4v) is 7.20. The maximum Gasteiger partial charge on any atom is 0.338 e. The maximum atomic E-state index is 13.5. The number of carbonyl (C=O) groups is 1. The minimum atomic E-state index is -1.06. The molecule has 4 aromatic carbocycles. The van der Waals surface area contributed by atoms with Gasteiger partial charge in [0.1, 0.15) is 16.8 Å². The zero-order valence-electron chi connectivity index (χ0n) is 28.3. The minimum Gasteiger partial charge on any atom is -0.497 e. The summed E-state index contributed by atoms with van der Waals surface area (Å²) in [5.41, 5.74) is 2.15. The number of nitrogens with zero attached hydrogens (tertiary/aromatic N) is 4. The Balaban J connectivity index is 1.37. The van der Waals surface area contributed by atoms with E-state index in [1.165, 1.54) is 0 Å². The SMILES string of the molecule is CC[C@H]1O[C@@H](n2cnc3c(Cl)nc(NC(c4ccccc4)(c4ccccc4)c4ccc(OC)cc4)nc32)[C@](C)(OC(=O)c2ccccc2)[C@@H]1C. The highest BCUT2D eigenvalue weighted by Gasteiger charge is 2.55. The van der Waals surface area contributed by atoms with Crippen molar-refractivity contribution in [3.63, 3.8) is 0 Å². The molecule has 7 rings (SSSR count). The first-order valence-corrected chi connectivity index (χ1v) is 17.0. The lowest BCUT2D eigenvalue weighted by Crippen LogP contribution is -2.43. The van der Waals surface area contributed by atoms with Crippen LogP contribution in [0.3, 0.4) is 0 Å². The normalized spacial score (nSPS) is 20.5. The second-order valence-corrected chi connectivity index (χ2v) is 13.0. The van der Waals surface area contributed by atoms with Crippen molar-refractivity contribution in [2.75, 3.05) is 12.4 Å². The average molecular weight is 688 g/mol. The molecule has 0 bridgehead atoms. The van der Waals surface area contributed by atoms with Gasteiger partial charge in [0.05, 0.1) is 25.1 Å². The number of ether oxygens (including phenoxy) is 3. The summed E-state index contributed by atoms with van der Waals surface area (Å²) < 4.78 is 20.3. The summed E-state index contributed by atoms with van der Waals surface area (Å²) in [6.45, 7) is 6.01. The highest BCUT2D eigenvalue weighted by Crippen LogP contribution is 2.48. The molecule has 0 radical (unpaired) electrons. The number of imidazole rings is 1. The van der Waals surface area contributed by atoms with Crippen LogP contribution >= 0.6 is 11.6 Å². The second-order valence-electron chi connectivity index (χ2n) is 12.7. The van der Waals surface area contributed by atoms with Gasteiger partial charge in [-0.1, -0.05) is 116 Å². The Morgan fingerprint density at radius 2 is 1.48 bits per heavy atom. The summed E-state index contributed by atoms with van der Waals surface area (Å²) in [4.78, 5) is 27.9. The van der Waals surface area contributed by atoms with Gasteiger partial charge in [-0.2, -0.15) is 9.97 Å². The lowest BCUT2D eigenvalue weighted by atomic mass is 9.77. The number of halogens is 1. The number of nitrogens with one attached hydrogen (secondary N) is 1. The van der Waals surface area contributed by atoms with E-state index in [4.69, 9.17) is 35.8 Å². The fourth-order valence-electron chi connectivity index (χ4n) is 6.99. The third-order valence-corrected chi connectivity index (χ3v) is 10.1. The zero-order valence-corrected chi connectivity index (χ0v) is 29.0. The first-order valence-electron chi connectivity index (χ1n) is 16.7. The predicted octanol–water partition coefficient (Wildman–Crippen LogP) is 8.45. The van der Waals surface area contributed by atoms with E-state index < -0.39 is 23.3 Å². The van der Waals surface area contributed by atoms with Crippen molar-refractivity contribution in [1.82, 2.24) is 19.5 Å². The molecule has 1 aliphatic heterocycles. The van der Waals surface area contributed by atoms with E-state index in [9.17, 15) is 4.79 Å². The van der Waals surface area contributed by atoms with E-state index >= 15 is 0 Å². The molecule has 10 heteroatoms. The van der Waals surface area contributed by atoms with Gasteiger partial charge in [-0.05, 0) is 54.3 Å². The number of fused-ring (bicyclic) bond motifs is 1. The van der Waals surface area contributed by atoms with Crippen LogP contribution < -0.4 is 10.1 Å². The van der Waals surface area contributed by atoms with Gasteiger partial charge in [0, 0.05) is 5.92 Å². The Bertz CT molecular complexity index is 2050. The van der Waals surface area contributed by atoms with Gasteiger partial charge in [-0.15, -0.1) is 0 Å². The van der Waals surface area contributed by atoms with Gasteiger partial charge >= 0.3 is 5.97 Å². The van der Waals surface area contributed by atoms with E-state index in [1.807, 2.05) is 92.7 Å². The molecule has 6 aromatic rings. The summed E-state index contributed by atoms with van der Waals surface area (Å²) in [5.74, 6) is 0.436. The number of anilines is 1. The van der Waals surface area contributed by atoms with E-state index in [-0.39, 0.29) is 23.1 Å². The summed E-state index contributed by atoms with van der Waals surface area (Å²) in [5, 5.41) is 3.88. The molecule has 1 N–H and O–H groups in total. The number of aromatic nitrogens is 4. The van der Waals surface area contributed by atoms with Crippen molar-refractivity contribution in [3.8, 4) is 5.75 Å². The molecule has 3 heterocycles. The Labute approximate surface area is 296 Å². The van der Waals surface area contributed by atoms with Crippen LogP contribution in [0.5, 0.6) is 5.75 Å². The third-order valence-electron chi connectivity index (χ3n) is 9.85. The molecular weight excluding hydrogens is 650 g/mol. The highest BCUT2D eigenvalue weighted by molar-refractivity contribution is 6.33. The summed E-state index contributed by atoms with van der Waals surface area (Å²) in [6, 6.07) is 37.2. The lowest BCUT2D eigenvalue weighted by molar-refractivity contribution is -0.0947. The monoisotopic (exact) mass is 687 g/mol. The molecule has 0 spiro atoms. The fraction of sp³-hybridized carbons (Fsp3) is 0.250. The van der Waals surface area contributed by atoms with Crippen molar-refractivity contribution >= 4 is 34.7 Å². The Hall–Kier alpha value is -5.25. The molecule has 1 saturated heterocycles. The molecule has 9 nitrogen and oxygen atoms in total. The Kier molecular flexibility index (Phi) is 9.03. The van der Waals surface area contributed by atoms with Gasteiger partial charge in [0.25, 0.3) is 0 Å². The van der Waals surface area contributed by atoms with E-state index in [2.05, 4.69) is 41.5 Å². The van der Waals surface area contributed by atoms with E-state index in [1.54, 1.807) is 30.1 Å². The van der Waals surface area contributed by atoms with Crippen molar-refractivity contribution in [3.05, 3.63) is 149 Å². The van der Waals surface area contributed by atoms with Gasteiger partial charge < -0.3 is 19.5 Å². The smallest absolute Gasteiger partial charge is 0.338 e. The van der Waals surface area contributed by atoms with Crippen molar-refractivity contribution < 1.29 is 19.0 Å². The minimum absolute atomic E-state index is 0.142. The number of carbonyl (C=O) groups excluding carboxylic acids is 1. The number of esters is 1. The predicted molar refractivity (Wildman–Crippen MR) is 193 cm³/mol. The lowest BCUT2D eigenvalue weighted by Gasteiger charge is -2.37. The second kappa shape index (κ2) is 13.6. The molecule has 0 aliphatic carbocycles. The zero-order chi connectivity index (χ0) is 34.9. The third kappa shape index (κ3) is 5.76. The highest BCUT2D eigenvalue weighted by atomic mass is 35.5. The van der Waals surface area contributed by atoms with Crippen LogP contribution in [-0.4, -0.2) is 44.3 Å². The first kappa shape index (κ1) is 33.3. The van der Waals surface area contributed by atoms with Gasteiger partial charge in [0.2, 0.25) is 5.95 Å². The molecular formula is C40H38ClN5O4. The number of hydrogen-bond donors (Lipinski definition) is 1. The number of benzene rings is 4. The van der Waals surface area contributed by atoms with Gasteiger partial charge in [-0.3, -0.25) is 4.57 Å². The van der Waals surface area contributed by atoms with Crippen LogP contribution in [0, 0.1) is 5.92 Å². The molecule has 254 valence electrons. The summed E-state index contributed by atoms with van der Waals surface area (Å²) >= 11 is 6.90. The topological polar surface area (TPSA) is 100 Å². The van der Waals surface area contributed by atoms with Crippen LogP contribution in [0.4, 0.5) is 5.95 Å². The maximum absolute atomic E-state index is 13.5. The first-order chi connectivity index (χ1) is 24.3. The van der Waals surface area contributed by atoms with Crippen LogP contribution in [-0.2, 0) is 15.0 Å². The molecule has 1 aliphatic rings. The summed E-state index contributed by atoms with van der Waals surface area (Å²) in [6.07, 6.45) is 1.43. The molecule has 0 unspecified atom stereocenters. The van der Waals surface area contributed by atoms with E-state index in [0.717, 1.165) is 28.9 Å². The number of rotatable bonds is 10. The summed E-state index contributed by atoms with van der Waals surface area (Å²) in [7, 11) is 1.65. The number of methoxy groups -OCH3 is 1. The van der Waals surface area contributed by atoms with Crippen LogP contribution in [0.15, 0.2) is 122 Å². The molecule has 0 saturated carbocycles. The van der Waals surface area contributed by atoms with E-state index in [0.29, 0.717) is 16.7 Å². The molecule has 4 atom stereocenters. The Morgan fingerprint density at radius 1 is 0.900 bits per heavy atom. The van der Waals surface area contributed by atoms with Crippen molar-refractivity contribution in [2.45, 2.75) is 50.7 Å². The van der Waals surface area contributed by atoms with Gasteiger partial charge in [-0.25, -0.2) is 9.78 Å².